The van der Waals surface area contributed by atoms with Gasteiger partial charge in [-0.25, -0.2) is 9.78 Å². The van der Waals surface area contributed by atoms with Gasteiger partial charge in [-0.2, -0.15) is 0 Å². The zero-order valence-corrected chi connectivity index (χ0v) is 19.0. The molecule has 0 aliphatic carbocycles. The molecule has 0 aliphatic rings. The van der Waals surface area contributed by atoms with Crippen molar-refractivity contribution < 1.29 is 9.53 Å². The maximum atomic E-state index is 13.5. The molecule has 0 unspecified atom stereocenters. The highest BCUT2D eigenvalue weighted by molar-refractivity contribution is 6.08. The predicted octanol–water partition coefficient (Wildman–Crippen LogP) is 6.97. The van der Waals surface area contributed by atoms with Crippen LogP contribution in [0.15, 0.2) is 54.6 Å². The molecule has 1 heterocycles. The van der Waals surface area contributed by atoms with Crippen LogP contribution in [0.5, 0.6) is 5.75 Å². The second-order valence-electron chi connectivity index (χ2n) is 8.46. The van der Waals surface area contributed by atoms with E-state index >= 15 is 0 Å². The normalized spacial score (nSPS) is 11.0. The number of ether oxygens (including phenoxy) is 1. The van der Waals surface area contributed by atoms with Crippen molar-refractivity contribution >= 4 is 16.9 Å². The number of esters is 1. The summed E-state index contributed by atoms with van der Waals surface area (Å²) in [5, 5.41) is 0.834. The van der Waals surface area contributed by atoms with Gasteiger partial charge in [0, 0.05) is 10.9 Å². The summed E-state index contributed by atoms with van der Waals surface area (Å²) in [6.07, 6.45) is 0. The summed E-state index contributed by atoms with van der Waals surface area (Å²) in [5.41, 5.74) is 9.35. The molecule has 0 saturated heterocycles. The number of benzene rings is 3. The minimum absolute atomic E-state index is 0.350. The van der Waals surface area contributed by atoms with Crippen LogP contribution < -0.4 is 4.74 Å². The van der Waals surface area contributed by atoms with Gasteiger partial charge in [-0.1, -0.05) is 53.6 Å². The number of rotatable bonds is 3. The first-order valence-electron chi connectivity index (χ1n) is 10.5. The van der Waals surface area contributed by atoms with E-state index in [0.29, 0.717) is 11.3 Å². The zero-order chi connectivity index (χ0) is 22.3. The minimum atomic E-state index is -0.350. The molecule has 0 saturated carbocycles. The standard InChI is InChI=1S/C28H27NO2/c1-16-8-11-22(12-9-16)27-21(6)25(23-14-18(3)13-20(5)26(23)29-27)28(30)31-24-15-17(2)7-10-19(24)4/h7-15H,1-6H3. The Morgan fingerprint density at radius 1 is 0.742 bits per heavy atom. The molecule has 1 aromatic heterocycles. The first-order valence-corrected chi connectivity index (χ1v) is 10.5. The van der Waals surface area contributed by atoms with Crippen molar-refractivity contribution in [2.24, 2.45) is 0 Å². The molecule has 0 aliphatic heterocycles. The Labute approximate surface area is 183 Å². The third kappa shape index (κ3) is 3.96. The molecule has 31 heavy (non-hydrogen) atoms. The Hall–Kier alpha value is -3.46. The van der Waals surface area contributed by atoms with Gasteiger partial charge in [-0.15, -0.1) is 0 Å². The fourth-order valence-electron chi connectivity index (χ4n) is 4.04. The van der Waals surface area contributed by atoms with Crippen LogP contribution in [0.1, 0.15) is 43.7 Å². The molecule has 156 valence electrons. The summed E-state index contributed by atoms with van der Waals surface area (Å²) in [4.78, 5) is 18.5. The highest BCUT2D eigenvalue weighted by atomic mass is 16.5. The topological polar surface area (TPSA) is 39.2 Å². The molecule has 0 spiro atoms. The number of aromatic nitrogens is 1. The van der Waals surface area contributed by atoms with Crippen LogP contribution >= 0.6 is 0 Å². The molecular weight excluding hydrogens is 382 g/mol. The first-order chi connectivity index (χ1) is 14.7. The van der Waals surface area contributed by atoms with Crippen molar-refractivity contribution in [3.8, 4) is 17.0 Å². The first kappa shape index (κ1) is 20.8. The summed E-state index contributed by atoms with van der Waals surface area (Å²) in [5.74, 6) is 0.243. The van der Waals surface area contributed by atoms with Gasteiger partial charge in [0.2, 0.25) is 0 Å². The van der Waals surface area contributed by atoms with Crippen molar-refractivity contribution in [2.75, 3.05) is 0 Å². The SMILES string of the molecule is Cc1ccc(-c2nc3c(C)cc(C)cc3c(C(=O)Oc3cc(C)ccc3C)c2C)cc1. The van der Waals surface area contributed by atoms with Crippen molar-refractivity contribution in [3.63, 3.8) is 0 Å². The molecule has 0 radical (unpaired) electrons. The van der Waals surface area contributed by atoms with E-state index in [2.05, 4.69) is 37.3 Å². The van der Waals surface area contributed by atoms with Gasteiger partial charge in [0.15, 0.2) is 0 Å². The van der Waals surface area contributed by atoms with Crippen LogP contribution in [0.25, 0.3) is 22.2 Å². The van der Waals surface area contributed by atoms with Crippen LogP contribution in [-0.2, 0) is 0 Å². The summed E-state index contributed by atoms with van der Waals surface area (Å²) in [6, 6.07) is 18.3. The van der Waals surface area contributed by atoms with Crippen molar-refractivity contribution in [2.45, 2.75) is 41.5 Å². The fourth-order valence-corrected chi connectivity index (χ4v) is 4.04. The second-order valence-corrected chi connectivity index (χ2v) is 8.46. The Morgan fingerprint density at radius 2 is 1.42 bits per heavy atom. The van der Waals surface area contributed by atoms with E-state index in [4.69, 9.17) is 9.72 Å². The molecular formula is C28H27NO2. The highest BCUT2D eigenvalue weighted by Crippen LogP contribution is 2.33. The quantitative estimate of drug-likeness (QED) is 0.271. The molecule has 0 fully saturated rings. The van der Waals surface area contributed by atoms with E-state index in [1.54, 1.807) is 0 Å². The van der Waals surface area contributed by atoms with E-state index in [1.807, 2.05) is 58.9 Å². The number of hydrogen-bond acceptors (Lipinski definition) is 3. The van der Waals surface area contributed by atoms with Crippen molar-refractivity contribution in [1.82, 2.24) is 4.98 Å². The maximum absolute atomic E-state index is 13.5. The number of aryl methyl sites for hydroxylation is 5. The third-order valence-electron chi connectivity index (χ3n) is 5.74. The molecule has 0 N–H and O–H groups in total. The Balaban J connectivity index is 1.95. The third-order valence-corrected chi connectivity index (χ3v) is 5.74. The molecule has 4 rings (SSSR count). The zero-order valence-electron chi connectivity index (χ0n) is 19.0. The maximum Gasteiger partial charge on any atom is 0.344 e. The van der Waals surface area contributed by atoms with Crippen LogP contribution in [0.3, 0.4) is 0 Å². The number of carbonyl (C=O) groups is 1. The second kappa shape index (κ2) is 7.99. The smallest absolute Gasteiger partial charge is 0.344 e. The monoisotopic (exact) mass is 409 g/mol. The lowest BCUT2D eigenvalue weighted by Crippen LogP contribution is -2.14. The number of fused-ring (bicyclic) bond motifs is 1. The Morgan fingerprint density at radius 3 is 2.13 bits per heavy atom. The predicted molar refractivity (Wildman–Crippen MR) is 127 cm³/mol. The van der Waals surface area contributed by atoms with Crippen molar-refractivity contribution in [1.29, 1.82) is 0 Å². The van der Waals surface area contributed by atoms with E-state index in [-0.39, 0.29) is 5.97 Å². The van der Waals surface area contributed by atoms with E-state index in [1.165, 1.54) is 5.56 Å². The van der Waals surface area contributed by atoms with Gasteiger partial charge in [-0.3, -0.25) is 0 Å². The van der Waals surface area contributed by atoms with Crippen LogP contribution in [-0.4, -0.2) is 11.0 Å². The fraction of sp³-hybridized carbons (Fsp3) is 0.214. The largest absolute Gasteiger partial charge is 0.423 e. The summed E-state index contributed by atoms with van der Waals surface area (Å²) >= 11 is 0. The number of pyridine rings is 1. The molecule has 3 heteroatoms. The molecule has 3 aromatic carbocycles. The lowest BCUT2D eigenvalue weighted by molar-refractivity contribution is 0.0735. The summed E-state index contributed by atoms with van der Waals surface area (Å²) < 4.78 is 5.92. The van der Waals surface area contributed by atoms with Crippen molar-refractivity contribution in [3.05, 3.63) is 93.5 Å². The van der Waals surface area contributed by atoms with E-state index < -0.39 is 0 Å². The summed E-state index contributed by atoms with van der Waals surface area (Å²) in [7, 11) is 0. The average molecular weight is 410 g/mol. The molecule has 3 nitrogen and oxygen atoms in total. The van der Waals surface area contributed by atoms with Crippen LogP contribution in [0.2, 0.25) is 0 Å². The molecule has 4 aromatic rings. The lowest BCUT2D eigenvalue weighted by atomic mass is 9.95. The Kier molecular flexibility index (Phi) is 5.36. The lowest BCUT2D eigenvalue weighted by Gasteiger charge is -2.17. The molecule has 0 atom stereocenters. The summed E-state index contributed by atoms with van der Waals surface area (Å²) in [6.45, 7) is 12.0. The van der Waals surface area contributed by atoms with Gasteiger partial charge in [0.25, 0.3) is 0 Å². The highest BCUT2D eigenvalue weighted by Gasteiger charge is 2.22. The number of carbonyl (C=O) groups excluding carboxylic acids is 1. The van der Waals surface area contributed by atoms with Gasteiger partial charge in [-0.05, 0) is 75.9 Å². The van der Waals surface area contributed by atoms with Gasteiger partial charge >= 0.3 is 5.97 Å². The minimum Gasteiger partial charge on any atom is -0.423 e. The average Bonchev–Trinajstić information content (AvgIpc) is 2.71. The van der Waals surface area contributed by atoms with Crippen LogP contribution in [0, 0.1) is 41.5 Å². The number of nitrogens with zero attached hydrogens (tertiary/aromatic N) is 1. The van der Waals surface area contributed by atoms with Gasteiger partial charge in [0.05, 0.1) is 16.8 Å². The molecule has 0 amide bonds. The van der Waals surface area contributed by atoms with E-state index in [9.17, 15) is 4.79 Å². The molecule has 0 bridgehead atoms. The van der Waals surface area contributed by atoms with Crippen LogP contribution in [0.4, 0.5) is 0 Å². The van der Waals surface area contributed by atoms with E-state index in [0.717, 1.165) is 50.0 Å². The Bertz CT molecular complexity index is 1320. The van der Waals surface area contributed by atoms with Gasteiger partial charge in [0.1, 0.15) is 5.75 Å². The number of hydrogen-bond donors (Lipinski definition) is 0. The van der Waals surface area contributed by atoms with Gasteiger partial charge < -0.3 is 4.74 Å².